The first-order valence-electron chi connectivity index (χ1n) is 11.6. The summed E-state index contributed by atoms with van der Waals surface area (Å²) in [6.07, 6.45) is 2.56. The summed E-state index contributed by atoms with van der Waals surface area (Å²) in [6.45, 7) is 1.97. The number of aliphatic carboxylic acids is 1. The number of hydrogen-bond donors (Lipinski definition) is 3. The molecule has 0 unspecified atom stereocenters. The quantitative estimate of drug-likeness (QED) is 0.590. The number of carboxylic acids is 1. The Kier molecular flexibility index (Phi) is 6.96. The van der Waals surface area contributed by atoms with E-state index in [4.69, 9.17) is 4.74 Å². The van der Waals surface area contributed by atoms with Crippen LogP contribution >= 0.6 is 0 Å². The van der Waals surface area contributed by atoms with E-state index in [0.717, 1.165) is 24.0 Å². The van der Waals surface area contributed by atoms with Crippen LogP contribution < -0.4 is 10.6 Å². The number of ether oxygens (including phenoxy) is 1. The number of hydrogen-bond acceptors (Lipinski definition) is 4. The molecule has 0 radical (unpaired) electrons. The number of fused-ring (bicyclic) bond motifs is 3. The van der Waals surface area contributed by atoms with Crippen molar-refractivity contribution in [2.75, 3.05) is 6.61 Å². The minimum absolute atomic E-state index is 0.00460. The molecule has 0 aromatic heterocycles. The Morgan fingerprint density at radius 3 is 2.27 bits per heavy atom. The molecule has 3 atom stereocenters. The zero-order valence-electron chi connectivity index (χ0n) is 18.8. The van der Waals surface area contributed by atoms with Crippen LogP contribution in [0.2, 0.25) is 0 Å². The lowest BCUT2D eigenvalue weighted by Crippen LogP contribution is -2.47. The van der Waals surface area contributed by atoms with Gasteiger partial charge in [-0.1, -0.05) is 61.9 Å². The fourth-order valence-corrected chi connectivity index (χ4v) is 4.99. The van der Waals surface area contributed by atoms with Crippen LogP contribution in [0.5, 0.6) is 0 Å². The maximum Gasteiger partial charge on any atom is 0.407 e. The molecule has 0 bridgehead atoms. The van der Waals surface area contributed by atoms with Crippen LogP contribution in [0.1, 0.15) is 56.1 Å². The Morgan fingerprint density at radius 2 is 1.67 bits per heavy atom. The zero-order valence-corrected chi connectivity index (χ0v) is 18.8. The normalized spacial score (nSPS) is 20.3. The second-order valence-corrected chi connectivity index (χ2v) is 8.84. The first kappa shape index (κ1) is 22.8. The minimum atomic E-state index is -1.03. The van der Waals surface area contributed by atoms with Gasteiger partial charge in [0.2, 0.25) is 5.91 Å². The molecule has 0 heterocycles. The highest BCUT2D eigenvalue weighted by Gasteiger charge is 2.32. The van der Waals surface area contributed by atoms with Crippen molar-refractivity contribution in [2.45, 2.75) is 57.0 Å². The highest BCUT2D eigenvalue weighted by Crippen LogP contribution is 2.44. The predicted octanol–water partition coefficient (Wildman–Crippen LogP) is 4.06. The van der Waals surface area contributed by atoms with E-state index < -0.39 is 18.1 Å². The smallest absolute Gasteiger partial charge is 0.407 e. The fourth-order valence-electron chi connectivity index (χ4n) is 4.99. The van der Waals surface area contributed by atoms with Gasteiger partial charge in [0.05, 0.1) is 0 Å². The lowest BCUT2D eigenvalue weighted by Gasteiger charge is -2.29. The molecule has 0 saturated heterocycles. The van der Waals surface area contributed by atoms with Crippen molar-refractivity contribution in [1.29, 1.82) is 0 Å². The lowest BCUT2D eigenvalue weighted by molar-refractivity contribution is -0.142. The minimum Gasteiger partial charge on any atom is -0.480 e. The average molecular weight is 451 g/mol. The van der Waals surface area contributed by atoms with Crippen molar-refractivity contribution in [3.63, 3.8) is 0 Å². The van der Waals surface area contributed by atoms with Crippen molar-refractivity contribution >= 4 is 18.0 Å². The monoisotopic (exact) mass is 450 g/mol. The molecule has 3 N–H and O–H groups in total. The Balaban J connectivity index is 1.32. The first-order valence-corrected chi connectivity index (χ1v) is 11.6. The van der Waals surface area contributed by atoms with E-state index in [2.05, 4.69) is 34.9 Å². The molecular formula is C26H30N2O5. The summed E-state index contributed by atoms with van der Waals surface area (Å²) in [7, 11) is 0. The Labute approximate surface area is 193 Å². The molecule has 33 heavy (non-hydrogen) atoms. The van der Waals surface area contributed by atoms with E-state index in [1.54, 1.807) is 6.92 Å². The van der Waals surface area contributed by atoms with Gasteiger partial charge in [0.15, 0.2) is 0 Å². The number of rotatable bonds is 7. The Bertz CT molecular complexity index is 991. The molecule has 4 rings (SSSR count). The standard InChI is InChI=1S/C26H30N2O5/c1-2-23(25(30)31)28-24(29)16-8-7-9-17(14-16)27-26(32)33-15-22-20-12-5-3-10-18(20)19-11-4-6-13-21(19)22/h3-6,10-13,16-17,22-23H,2,7-9,14-15H2,1H3,(H,27,32)(H,28,29)(H,30,31)/t16-,17+,23+/m1/s1. The van der Waals surface area contributed by atoms with Crippen molar-refractivity contribution in [1.82, 2.24) is 10.6 Å². The number of benzene rings is 2. The SMILES string of the molecule is CC[C@H](NC(=O)[C@@H]1CCC[C@H](NC(=O)OCC2c3ccccc3-c3ccccc32)C1)C(=O)O. The summed E-state index contributed by atoms with van der Waals surface area (Å²) >= 11 is 0. The summed E-state index contributed by atoms with van der Waals surface area (Å²) in [5.74, 6) is -1.61. The van der Waals surface area contributed by atoms with Gasteiger partial charge in [-0.05, 0) is 47.9 Å². The summed E-state index contributed by atoms with van der Waals surface area (Å²) < 4.78 is 5.62. The van der Waals surface area contributed by atoms with E-state index in [0.29, 0.717) is 19.3 Å². The van der Waals surface area contributed by atoms with E-state index >= 15 is 0 Å². The van der Waals surface area contributed by atoms with E-state index in [1.807, 2.05) is 24.3 Å². The molecule has 0 aliphatic heterocycles. The third-order valence-corrected chi connectivity index (χ3v) is 6.73. The molecule has 2 amide bonds. The van der Waals surface area contributed by atoms with Crippen molar-refractivity contribution < 1.29 is 24.2 Å². The van der Waals surface area contributed by atoms with Gasteiger partial charge in [0, 0.05) is 17.9 Å². The molecule has 174 valence electrons. The second-order valence-electron chi connectivity index (χ2n) is 8.84. The molecule has 7 heteroatoms. The summed E-state index contributed by atoms with van der Waals surface area (Å²) in [5, 5.41) is 14.7. The molecular weight excluding hydrogens is 420 g/mol. The molecule has 1 saturated carbocycles. The molecule has 1 fully saturated rings. The largest absolute Gasteiger partial charge is 0.480 e. The van der Waals surface area contributed by atoms with Crippen LogP contribution in [0, 0.1) is 5.92 Å². The van der Waals surface area contributed by atoms with Gasteiger partial charge in [-0.3, -0.25) is 4.79 Å². The topological polar surface area (TPSA) is 105 Å². The van der Waals surface area contributed by atoms with Gasteiger partial charge < -0.3 is 20.5 Å². The molecule has 2 aliphatic carbocycles. The molecule has 2 aromatic carbocycles. The molecule has 7 nitrogen and oxygen atoms in total. The van der Waals surface area contributed by atoms with Crippen LogP contribution in [-0.4, -0.2) is 41.8 Å². The number of alkyl carbamates (subject to hydrolysis) is 1. The van der Waals surface area contributed by atoms with Gasteiger partial charge >= 0.3 is 12.1 Å². The van der Waals surface area contributed by atoms with Crippen LogP contribution in [0.25, 0.3) is 11.1 Å². The first-order chi connectivity index (χ1) is 16.0. The maximum atomic E-state index is 12.6. The van der Waals surface area contributed by atoms with Crippen molar-refractivity contribution in [3.05, 3.63) is 59.7 Å². The summed E-state index contributed by atoms with van der Waals surface area (Å²) in [5.41, 5.74) is 4.67. The van der Waals surface area contributed by atoms with Gasteiger partial charge in [-0.15, -0.1) is 0 Å². The Morgan fingerprint density at radius 1 is 1.03 bits per heavy atom. The maximum absolute atomic E-state index is 12.6. The van der Waals surface area contributed by atoms with Crippen LogP contribution in [0.4, 0.5) is 4.79 Å². The van der Waals surface area contributed by atoms with Crippen LogP contribution in [-0.2, 0) is 14.3 Å². The fraction of sp³-hybridized carbons (Fsp3) is 0.423. The second kappa shape index (κ2) is 10.1. The predicted molar refractivity (Wildman–Crippen MR) is 124 cm³/mol. The highest BCUT2D eigenvalue weighted by molar-refractivity contribution is 5.85. The number of carbonyl (C=O) groups is 3. The average Bonchev–Trinajstić information content (AvgIpc) is 3.14. The van der Waals surface area contributed by atoms with Gasteiger partial charge in [0.25, 0.3) is 0 Å². The molecule has 2 aromatic rings. The van der Waals surface area contributed by atoms with Crippen molar-refractivity contribution in [2.24, 2.45) is 5.92 Å². The van der Waals surface area contributed by atoms with Crippen LogP contribution in [0.3, 0.4) is 0 Å². The lowest BCUT2D eigenvalue weighted by atomic mass is 9.85. The number of nitrogens with one attached hydrogen (secondary N) is 2. The molecule has 2 aliphatic rings. The van der Waals surface area contributed by atoms with Gasteiger partial charge in [-0.2, -0.15) is 0 Å². The number of carboxylic acid groups (broad SMARTS) is 1. The number of amides is 2. The summed E-state index contributed by atoms with van der Waals surface area (Å²) in [6, 6.07) is 15.3. The Hall–Kier alpha value is -3.35. The summed E-state index contributed by atoms with van der Waals surface area (Å²) in [4.78, 5) is 36.3. The highest BCUT2D eigenvalue weighted by atomic mass is 16.5. The number of carbonyl (C=O) groups excluding carboxylic acids is 2. The van der Waals surface area contributed by atoms with E-state index in [-0.39, 0.29) is 30.4 Å². The van der Waals surface area contributed by atoms with Crippen LogP contribution in [0.15, 0.2) is 48.5 Å². The van der Waals surface area contributed by atoms with E-state index in [1.165, 1.54) is 11.1 Å². The van der Waals surface area contributed by atoms with Gasteiger partial charge in [0.1, 0.15) is 12.6 Å². The third kappa shape index (κ3) is 5.02. The zero-order chi connectivity index (χ0) is 23.4. The molecule has 0 spiro atoms. The van der Waals surface area contributed by atoms with Crippen molar-refractivity contribution in [3.8, 4) is 11.1 Å². The third-order valence-electron chi connectivity index (χ3n) is 6.73. The van der Waals surface area contributed by atoms with Gasteiger partial charge in [-0.25, -0.2) is 9.59 Å². The van der Waals surface area contributed by atoms with E-state index in [9.17, 15) is 19.5 Å².